The van der Waals surface area contributed by atoms with Crippen molar-refractivity contribution in [2.75, 3.05) is 0 Å². The standard InChI is InChI=1S/C13H21N.C11H17N/c1-12(2,3)10-7-8-11(14-9-10)13(4,5)6;1-8(2)10-5-6-11(9(3)4)12-7-10/h7-9H,1-6H3;5-9H,1-4H3. The third-order valence-electron chi connectivity index (χ3n) is 4.47. The molecule has 0 aliphatic rings. The van der Waals surface area contributed by atoms with E-state index in [4.69, 9.17) is 0 Å². The maximum Gasteiger partial charge on any atom is 0.0457 e. The van der Waals surface area contributed by atoms with Gasteiger partial charge in [0.2, 0.25) is 0 Å². The Labute approximate surface area is 161 Å². The molecule has 0 aliphatic carbocycles. The Balaban J connectivity index is 0.000000263. The van der Waals surface area contributed by atoms with Crippen molar-refractivity contribution in [3.8, 4) is 0 Å². The number of pyridine rings is 2. The molecule has 0 N–H and O–H groups in total. The molecule has 0 aromatic carbocycles. The zero-order chi connectivity index (χ0) is 20.1. The summed E-state index contributed by atoms with van der Waals surface area (Å²) in [6.45, 7) is 21.9. The van der Waals surface area contributed by atoms with Gasteiger partial charge in [0.25, 0.3) is 0 Å². The number of hydrogen-bond donors (Lipinski definition) is 0. The summed E-state index contributed by atoms with van der Waals surface area (Å²) in [4.78, 5) is 8.92. The topological polar surface area (TPSA) is 25.8 Å². The first-order valence-electron chi connectivity index (χ1n) is 9.75. The van der Waals surface area contributed by atoms with Crippen molar-refractivity contribution in [1.29, 1.82) is 0 Å². The first-order valence-corrected chi connectivity index (χ1v) is 9.75. The van der Waals surface area contributed by atoms with E-state index in [2.05, 4.69) is 103 Å². The molecule has 0 saturated carbocycles. The predicted octanol–water partition coefficient (Wildman–Crippen LogP) is 7.01. The molecule has 2 nitrogen and oxygen atoms in total. The summed E-state index contributed by atoms with van der Waals surface area (Å²) in [6, 6.07) is 8.63. The lowest BCUT2D eigenvalue weighted by Gasteiger charge is -2.22. The van der Waals surface area contributed by atoms with Gasteiger partial charge in [-0.3, -0.25) is 9.97 Å². The van der Waals surface area contributed by atoms with Gasteiger partial charge in [0, 0.05) is 29.2 Å². The van der Waals surface area contributed by atoms with Gasteiger partial charge in [0.15, 0.2) is 0 Å². The third-order valence-corrected chi connectivity index (χ3v) is 4.47. The van der Waals surface area contributed by atoms with Crippen LogP contribution in [0.25, 0.3) is 0 Å². The summed E-state index contributed by atoms with van der Waals surface area (Å²) >= 11 is 0. The SMILES string of the molecule is CC(C)(C)c1ccc(C(C)(C)C)nc1.CC(C)c1ccc(C(C)C)nc1. The lowest BCUT2D eigenvalue weighted by atomic mass is 9.86. The fraction of sp³-hybridized carbons (Fsp3) is 0.583. The van der Waals surface area contributed by atoms with E-state index in [-0.39, 0.29) is 10.8 Å². The summed E-state index contributed by atoms with van der Waals surface area (Å²) in [5, 5.41) is 0. The summed E-state index contributed by atoms with van der Waals surface area (Å²) < 4.78 is 0. The Morgan fingerprint density at radius 1 is 0.654 bits per heavy atom. The second-order valence-electron chi connectivity index (χ2n) is 9.76. The molecule has 2 aromatic heterocycles. The average Bonchev–Trinajstić information content (AvgIpc) is 2.54. The molecule has 0 bridgehead atoms. The minimum atomic E-state index is 0.149. The van der Waals surface area contributed by atoms with Gasteiger partial charge in [-0.2, -0.15) is 0 Å². The highest BCUT2D eigenvalue weighted by atomic mass is 14.7. The van der Waals surface area contributed by atoms with Gasteiger partial charge < -0.3 is 0 Å². The van der Waals surface area contributed by atoms with E-state index in [0.29, 0.717) is 11.8 Å². The van der Waals surface area contributed by atoms with Crippen molar-refractivity contribution in [3.05, 3.63) is 59.2 Å². The van der Waals surface area contributed by atoms with Crippen molar-refractivity contribution in [2.24, 2.45) is 0 Å². The predicted molar refractivity (Wildman–Crippen MR) is 114 cm³/mol. The van der Waals surface area contributed by atoms with Crippen molar-refractivity contribution in [2.45, 2.75) is 91.9 Å². The van der Waals surface area contributed by atoms with E-state index >= 15 is 0 Å². The number of aromatic nitrogens is 2. The first kappa shape index (κ1) is 22.3. The molecular formula is C24H38N2. The fourth-order valence-electron chi connectivity index (χ4n) is 2.38. The Morgan fingerprint density at radius 3 is 1.58 bits per heavy atom. The number of nitrogens with zero attached hydrogens (tertiary/aromatic N) is 2. The van der Waals surface area contributed by atoms with Crippen molar-refractivity contribution < 1.29 is 0 Å². The molecule has 2 heterocycles. The molecule has 2 rings (SSSR count). The summed E-state index contributed by atoms with van der Waals surface area (Å²) in [7, 11) is 0. The third kappa shape index (κ3) is 6.90. The van der Waals surface area contributed by atoms with Crippen LogP contribution in [0.15, 0.2) is 36.7 Å². The van der Waals surface area contributed by atoms with Crippen molar-refractivity contribution >= 4 is 0 Å². The van der Waals surface area contributed by atoms with Crippen LogP contribution in [0, 0.1) is 0 Å². The molecule has 0 unspecified atom stereocenters. The second kappa shape index (κ2) is 8.79. The minimum Gasteiger partial charge on any atom is -0.261 e. The average molecular weight is 355 g/mol. The maximum atomic E-state index is 4.52. The molecule has 0 radical (unpaired) electrons. The highest BCUT2D eigenvalue weighted by Gasteiger charge is 2.18. The molecular weight excluding hydrogens is 316 g/mol. The van der Waals surface area contributed by atoms with Crippen LogP contribution in [0.1, 0.15) is 104 Å². The fourth-order valence-corrected chi connectivity index (χ4v) is 2.38. The highest BCUT2D eigenvalue weighted by Crippen LogP contribution is 2.24. The highest BCUT2D eigenvalue weighted by molar-refractivity contribution is 5.24. The lowest BCUT2D eigenvalue weighted by Crippen LogP contribution is -2.16. The van der Waals surface area contributed by atoms with Gasteiger partial charge in [-0.05, 0) is 40.5 Å². The Morgan fingerprint density at radius 2 is 1.27 bits per heavy atom. The van der Waals surface area contributed by atoms with Crippen molar-refractivity contribution in [1.82, 2.24) is 9.97 Å². The normalized spacial score (nSPS) is 12.2. The zero-order valence-electron chi connectivity index (χ0n) is 18.5. The van der Waals surface area contributed by atoms with Crippen LogP contribution >= 0.6 is 0 Å². The Hall–Kier alpha value is -1.70. The molecule has 2 heteroatoms. The van der Waals surface area contributed by atoms with E-state index in [9.17, 15) is 0 Å². The van der Waals surface area contributed by atoms with Gasteiger partial charge in [-0.1, -0.05) is 81.4 Å². The van der Waals surface area contributed by atoms with E-state index in [1.807, 2.05) is 12.4 Å². The molecule has 2 aromatic rings. The summed E-state index contributed by atoms with van der Waals surface area (Å²) in [5.41, 5.74) is 5.30. The van der Waals surface area contributed by atoms with E-state index < -0.39 is 0 Å². The molecule has 0 saturated heterocycles. The van der Waals surface area contributed by atoms with Gasteiger partial charge in [0.1, 0.15) is 0 Å². The molecule has 0 amide bonds. The van der Waals surface area contributed by atoms with Crippen LogP contribution in [-0.2, 0) is 10.8 Å². The van der Waals surface area contributed by atoms with Gasteiger partial charge in [-0.25, -0.2) is 0 Å². The smallest absolute Gasteiger partial charge is 0.0457 e. The minimum absolute atomic E-state index is 0.149. The van der Waals surface area contributed by atoms with Crippen LogP contribution in [0.3, 0.4) is 0 Å². The zero-order valence-corrected chi connectivity index (χ0v) is 18.5. The van der Waals surface area contributed by atoms with Gasteiger partial charge >= 0.3 is 0 Å². The van der Waals surface area contributed by atoms with Crippen LogP contribution in [-0.4, -0.2) is 9.97 Å². The van der Waals surface area contributed by atoms with E-state index in [1.54, 1.807) is 0 Å². The van der Waals surface area contributed by atoms with Crippen LogP contribution < -0.4 is 0 Å². The Bertz CT molecular complexity index is 591. The first-order chi connectivity index (χ1) is 11.8. The van der Waals surface area contributed by atoms with E-state index in [1.165, 1.54) is 16.8 Å². The molecule has 144 valence electrons. The van der Waals surface area contributed by atoms with Crippen LogP contribution in [0.5, 0.6) is 0 Å². The summed E-state index contributed by atoms with van der Waals surface area (Å²) in [6.07, 6.45) is 3.99. The summed E-state index contributed by atoms with van der Waals surface area (Å²) in [5.74, 6) is 1.12. The quantitative estimate of drug-likeness (QED) is 0.580. The molecule has 26 heavy (non-hydrogen) atoms. The number of hydrogen-bond acceptors (Lipinski definition) is 2. The Kier molecular flexibility index (Phi) is 7.56. The molecule has 0 aliphatic heterocycles. The van der Waals surface area contributed by atoms with Gasteiger partial charge in [-0.15, -0.1) is 0 Å². The number of rotatable bonds is 2. The van der Waals surface area contributed by atoms with Crippen molar-refractivity contribution in [3.63, 3.8) is 0 Å². The van der Waals surface area contributed by atoms with Gasteiger partial charge in [0.05, 0.1) is 0 Å². The largest absolute Gasteiger partial charge is 0.261 e. The molecule has 0 atom stereocenters. The van der Waals surface area contributed by atoms with E-state index in [0.717, 1.165) is 5.69 Å². The monoisotopic (exact) mass is 354 g/mol. The van der Waals surface area contributed by atoms with Crippen LogP contribution in [0.2, 0.25) is 0 Å². The molecule has 0 fully saturated rings. The van der Waals surface area contributed by atoms with Crippen LogP contribution in [0.4, 0.5) is 0 Å². The lowest BCUT2D eigenvalue weighted by molar-refractivity contribution is 0.556. The molecule has 0 spiro atoms. The second-order valence-corrected chi connectivity index (χ2v) is 9.76. The maximum absolute atomic E-state index is 4.52.